The smallest absolute Gasteiger partial charge is 0.307 e. The minimum absolute atomic E-state index is 0.133. The lowest BCUT2D eigenvalue weighted by Gasteiger charge is -2.56. The number of ether oxygens (including phenoxy) is 1. The minimum Gasteiger partial charge on any atom is -0.447 e. The third-order valence-electron chi connectivity index (χ3n) is 6.70. The first-order valence-electron chi connectivity index (χ1n) is 9.90. The van der Waals surface area contributed by atoms with E-state index in [0.29, 0.717) is 6.42 Å². The van der Waals surface area contributed by atoms with Gasteiger partial charge >= 0.3 is 5.97 Å². The Bertz CT molecular complexity index is 647. The Hall–Kier alpha value is -1.84. The Morgan fingerprint density at radius 3 is 2.08 bits per heavy atom. The van der Waals surface area contributed by atoms with Crippen LogP contribution in [0.2, 0.25) is 0 Å². The van der Waals surface area contributed by atoms with Crippen LogP contribution in [0.3, 0.4) is 0 Å². The zero-order valence-electron chi connectivity index (χ0n) is 15.8. The predicted molar refractivity (Wildman–Crippen MR) is 99.2 cm³/mol. The first kappa shape index (κ1) is 17.6. The van der Waals surface area contributed by atoms with Crippen molar-refractivity contribution in [1.29, 1.82) is 0 Å². The Labute approximate surface area is 155 Å². The molecule has 4 aliphatic rings. The summed E-state index contributed by atoms with van der Waals surface area (Å²) >= 11 is 0. The second-order valence-corrected chi connectivity index (χ2v) is 9.11. The third-order valence-corrected chi connectivity index (χ3v) is 6.70. The molecule has 5 rings (SSSR count). The Kier molecular flexibility index (Phi) is 4.54. The van der Waals surface area contributed by atoms with Gasteiger partial charge in [-0.2, -0.15) is 0 Å². The van der Waals surface area contributed by atoms with E-state index < -0.39 is 6.10 Å². The number of carbonyl (C=O) groups is 2. The summed E-state index contributed by atoms with van der Waals surface area (Å²) in [5.41, 5.74) is 0.874. The number of hydrogen-bond donors (Lipinski definition) is 0. The zero-order valence-corrected chi connectivity index (χ0v) is 15.8. The molecule has 0 heterocycles. The van der Waals surface area contributed by atoms with Gasteiger partial charge in [-0.1, -0.05) is 30.3 Å². The molecule has 1 atom stereocenters. The van der Waals surface area contributed by atoms with Gasteiger partial charge in [0.2, 0.25) is 6.10 Å². The van der Waals surface area contributed by atoms with Crippen LogP contribution in [0.4, 0.5) is 0 Å². The lowest BCUT2D eigenvalue weighted by Crippen LogP contribution is -2.47. The van der Waals surface area contributed by atoms with Crippen LogP contribution < -0.4 is 0 Å². The number of nitrogens with zero attached hydrogens (tertiary/aromatic N) is 1. The summed E-state index contributed by atoms with van der Waals surface area (Å²) in [5.74, 6) is 2.03. The summed E-state index contributed by atoms with van der Waals surface area (Å²) in [4.78, 5) is 26.9. The summed E-state index contributed by atoms with van der Waals surface area (Å²) in [6.07, 6.45) is 7.23. The standard InChI is InChI=1S/C22H29NO3/c1-23(2)21(25)20(18-6-4-3-5-7-18)26-19(24)14-22-11-15-8-16(12-22)10-17(9-15)13-22/h3-7,15-17,20H,8-14H2,1-2H3/t15?,16?,17?,20-,22?/m1/s1. The molecule has 4 aliphatic carbocycles. The van der Waals surface area contributed by atoms with E-state index in [4.69, 9.17) is 4.74 Å². The van der Waals surface area contributed by atoms with E-state index in [1.165, 1.54) is 43.4 Å². The molecule has 4 saturated carbocycles. The minimum atomic E-state index is -0.840. The van der Waals surface area contributed by atoms with Crippen molar-refractivity contribution in [2.75, 3.05) is 14.1 Å². The maximum absolute atomic E-state index is 12.8. The largest absolute Gasteiger partial charge is 0.447 e. The molecular weight excluding hydrogens is 326 g/mol. The lowest BCUT2D eigenvalue weighted by atomic mass is 9.49. The molecule has 0 unspecified atom stereocenters. The zero-order chi connectivity index (χ0) is 18.3. The van der Waals surface area contributed by atoms with Gasteiger partial charge in [-0.15, -0.1) is 0 Å². The fourth-order valence-corrected chi connectivity index (χ4v) is 6.11. The van der Waals surface area contributed by atoms with Crippen LogP contribution in [-0.2, 0) is 14.3 Å². The Morgan fingerprint density at radius 2 is 1.58 bits per heavy atom. The number of esters is 1. The Morgan fingerprint density at radius 1 is 1.04 bits per heavy atom. The molecule has 4 nitrogen and oxygen atoms in total. The van der Waals surface area contributed by atoms with E-state index >= 15 is 0 Å². The highest BCUT2D eigenvalue weighted by Gasteiger charge is 2.51. The number of hydrogen-bond acceptors (Lipinski definition) is 3. The van der Waals surface area contributed by atoms with Crippen LogP contribution >= 0.6 is 0 Å². The van der Waals surface area contributed by atoms with Crippen molar-refractivity contribution in [2.24, 2.45) is 23.2 Å². The second kappa shape index (κ2) is 6.71. The van der Waals surface area contributed by atoms with Crippen molar-refractivity contribution in [3.8, 4) is 0 Å². The molecule has 4 bridgehead atoms. The van der Waals surface area contributed by atoms with Crippen LogP contribution in [0.15, 0.2) is 30.3 Å². The highest BCUT2D eigenvalue weighted by molar-refractivity contribution is 5.84. The van der Waals surface area contributed by atoms with Gasteiger partial charge in [0.25, 0.3) is 5.91 Å². The van der Waals surface area contributed by atoms with Gasteiger partial charge in [0.15, 0.2) is 0 Å². The molecular formula is C22H29NO3. The van der Waals surface area contributed by atoms with Crippen LogP contribution in [-0.4, -0.2) is 30.9 Å². The average Bonchev–Trinajstić information content (AvgIpc) is 2.58. The fraction of sp³-hybridized carbons (Fsp3) is 0.636. The highest BCUT2D eigenvalue weighted by atomic mass is 16.5. The number of benzene rings is 1. The van der Waals surface area contributed by atoms with Crippen molar-refractivity contribution in [1.82, 2.24) is 4.90 Å². The molecule has 4 heteroatoms. The first-order chi connectivity index (χ1) is 12.4. The SMILES string of the molecule is CN(C)C(=O)[C@H](OC(=O)CC12CC3CC(CC(C3)C1)C2)c1ccccc1. The van der Waals surface area contributed by atoms with Crippen molar-refractivity contribution in [2.45, 2.75) is 51.0 Å². The number of carbonyl (C=O) groups excluding carboxylic acids is 2. The quantitative estimate of drug-likeness (QED) is 0.751. The second-order valence-electron chi connectivity index (χ2n) is 9.11. The van der Waals surface area contributed by atoms with Crippen molar-refractivity contribution >= 4 is 11.9 Å². The van der Waals surface area contributed by atoms with E-state index in [1.807, 2.05) is 30.3 Å². The van der Waals surface area contributed by atoms with E-state index in [0.717, 1.165) is 23.3 Å². The van der Waals surface area contributed by atoms with Gasteiger partial charge in [0.1, 0.15) is 0 Å². The maximum atomic E-state index is 12.8. The predicted octanol–water partition coefficient (Wildman–Crippen LogP) is 3.97. The number of likely N-dealkylation sites (N-methyl/N-ethyl adjacent to an activating group) is 1. The van der Waals surface area contributed by atoms with E-state index in [9.17, 15) is 9.59 Å². The van der Waals surface area contributed by atoms with E-state index in [1.54, 1.807) is 14.1 Å². The molecule has 0 aromatic heterocycles. The molecule has 140 valence electrons. The van der Waals surface area contributed by atoms with Gasteiger partial charge in [-0.05, 0) is 61.7 Å². The van der Waals surface area contributed by atoms with Crippen LogP contribution in [0.25, 0.3) is 0 Å². The normalized spacial score (nSPS) is 32.9. The first-order valence-corrected chi connectivity index (χ1v) is 9.90. The fourth-order valence-electron chi connectivity index (χ4n) is 6.11. The molecule has 0 radical (unpaired) electrons. The summed E-state index contributed by atoms with van der Waals surface area (Å²) in [6, 6.07) is 9.35. The molecule has 4 fully saturated rings. The monoisotopic (exact) mass is 355 g/mol. The summed E-state index contributed by atoms with van der Waals surface area (Å²) in [6.45, 7) is 0. The van der Waals surface area contributed by atoms with Crippen molar-refractivity contribution in [3.05, 3.63) is 35.9 Å². The van der Waals surface area contributed by atoms with Gasteiger partial charge in [0.05, 0.1) is 6.42 Å². The van der Waals surface area contributed by atoms with Crippen molar-refractivity contribution in [3.63, 3.8) is 0 Å². The van der Waals surface area contributed by atoms with Crippen molar-refractivity contribution < 1.29 is 14.3 Å². The third kappa shape index (κ3) is 3.38. The molecule has 26 heavy (non-hydrogen) atoms. The summed E-state index contributed by atoms with van der Waals surface area (Å²) in [5, 5.41) is 0. The van der Waals surface area contributed by atoms with Gasteiger partial charge < -0.3 is 9.64 Å². The topological polar surface area (TPSA) is 46.6 Å². The molecule has 0 N–H and O–H groups in total. The molecule has 0 saturated heterocycles. The van der Waals surface area contributed by atoms with Crippen LogP contribution in [0.5, 0.6) is 0 Å². The Balaban J connectivity index is 1.48. The molecule has 1 amide bonds. The number of rotatable bonds is 5. The number of amides is 1. The summed E-state index contributed by atoms with van der Waals surface area (Å²) in [7, 11) is 3.40. The maximum Gasteiger partial charge on any atom is 0.307 e. The highest BCUT2D eigenvalue weighted by Crippen LogP contribution is 2.61. The molecule has 0 aliphatic heterocycles. The van der Waals surface area contributed by atoms with Gasteiger partial charge in [-0.25, -0.2) is 0 Å². The van der Waals surface area contributed by atoms with E-state index in [-0.39, 0.29) is 17.3 Å². The average molecular weight is 355 g/mol. The molecule has 1 aromatic carbocycles. The summed E-state index contributed by atoms with van der Waals surface area (Å²) < 4.78 is 5.77. The van der Waals surface area contributed by atoms with Gasteiger partial charge in [0, 0.05) is 19.7 Å². The van der Waals surface area contributed by atoms with Gasteiger partial charge in [-0.3, -0.25) is 9.59 Å². The van der Waals surface area contributed by atoms with Crippen LogP contribution in [0.1, 0.15) is 56.6 Å². The van der Waals surface area contributed by atoms with E-state index in [2.05, 4.69) is 0 Å². The van der Waals surface area contributed by atoms with Crippen LogP contribution in [0, 0.1) is 23.2 Å². The lowest BCUT2D eigenvalue weighted by molar-refractivity contribution is -0.165. The molecule has 1 aromatic rings. The molecule has 0 spiro atoms.